The first-order valence-electron chi connectivity index (χ1n) is 9.44. The molecule has 0 aliphatic carbocycles. The molecule has 0 bridgehead atoms. The van der Waals surface area contributed by atoms with E-state index in [2.05, 4.69) is 58.9 Å². The van der Waals surface area contributed by atoms with Gasteiger partial charge in [-0.15, -0.1) is 0 Å². The average Bonchev–Trinajstić information content (AvgIpc) is 2.90. The predicted molar refractivity (Wildman–Crippen MR) is 117 cm³/mol. The third kappa shape index (κ3) is 3.33. The van der Waals surface area contributed by atoms with Crippen LogP contribution in [0, 0.1) is 0 Å². The second kappa shape index (κ2) is 7.44. The minimum atomic E-state index is -0.471. The highest BCUT2D eigenvalue weighted by molar-refractivity contribution is 9.10. The summed E-state index contributed by atoms with van der Waals surface area (Å²) in [5.41, 5.74) is 2.71. The fraction of sp³-hybridized carbons (Fsp3) is 0.208. The lowest BCUT2D eigenvalue weighted by Gasteiger charge is -2.40. The molecular formula is C24H23BrN2O. The smallest absolute Gasteiger partial charge is 0.252 e. The fourth-order valence-electron chi connectivity index (χ4n) is 4.00. The normalized spacial score (nSPS) is 18.5. The van der Waals surface area contributed by atoms with E-state index in [1.165, 1.54) is 0 Å². The number of hydrogen-bond donors (Lipinski definition) is 0. The lowest BCUT2D eigenvalue weighted by Crippen LogP contribution is -2.49. The maximum Gasteiger partial charge on any atom is 0.252 e. The van der Waals surface area contributed by atoms with E-state index >= 15 is 0 Å². The quantitative estimate of drug-likeness (QED) is 0.519. The van der Waals surface area contributed by atoms with Crippen molar-refractivity contribution in [3.63, 3.8) is 0 Å². The van der Waals surface area contributed by atoms with Gasteiger partial charge in [-0.25, -0.2) is 0 Å². The van der Waals surface area contributed by atoms with Crippen molar-refractivity contribution in [2.45, 2.75) is 32.1 Å². The molecule has 0 aromatic heterocycles. The minimum Gasteiger partial charge on any atom is -0.333 e. The molecule has 0 spiro atoms. The standard InChI is InChI=1S/C24H23BrN2O/c1-24(2)26(17-18-9-5-3-6-10-18)23(28)22(19-11-7-4-8-12-19)27(24)21-15-13-20(25)14-16-21/h3-16,22H,17H2,1-2H3. The molecule has 3 aromatic rings. The Bertz CT molecular complexity index is 955. The molecular weight excluding hydrogens is 412 g/mol. The Morgan fingerprint density at radius 2 is 1.43 bits per heavy atom. The van der Waals surface area contributed by atoms with Gasteiger partial charge in [-0.05, 0) is 49.2 Å². The third-order valence-corrected chi connectivity index (χ3v) is 5.94. The molecule has 0 saturated carbocycles. The van der Waals surface area contributed by atoms with Gasteiger partial charge in [-0.2, -0.15) is 0 Å². The van der Waals surface area contributed by atoms with Gasteiger partial charge in [0, 0.05) is 16.7 Å². The molecule has 1 heterocycles. The zero-order valence-electron chi connectivity index (χ0n) is 16.0. The highest BCUT2D eigenvalue weighted by atomic mass is 79.9. The molecule has 4 heteroatoms. The van der Waals surface area contributed by atoms with Gasteiger partial charge in [0.05, 0.1) is 0 Å². The molecule has 1 aliphatic rings. The first-order valence-corrected chi connectivity index (χ1v) is 10.2. The van der Waals surface area contributed by atoms with E-state index < -0.39 is 5.66 Å². The molecule has 1 aliphatic heterocycles. The number of halogens is 1. The van der Waals surface area contributed by atoms with Crippen molar-refractivity contribution < 1.29 is 4.79 Å². The van der Waals surface area contributed by atoms with Crippen LogP contribution in [0.3, 0.4) is 0 Å². The second-order valence-electron chi connectivity index (χ2n) is 7.56. The lowest BCUT2D eigenvalue weighted by atomic mass is 10.0. The summed E-state index contributed by atoms with van der Waals surface area (Å²) < 4.78 is 1.02. The van der Waals surface area contributed by atoms with Gasteiger partial charge in [-0.3, -0.25) is 4.79 Å². The van der Waals surface area contributed by atoms with Crippen molar-refractivity contribution in [1.82, 2.24) is 4.90 Å². The molecule has 1 unspecified atom stereocenters. The third-order valence-electron chi connectivity index (χ3n) is 5.41. The Morgan fingerprint density at radius 3 is 2.04 bits per heavy atom. The van der Waals surface area contributed by atoms with E-state index in [-0.39, 0.29) is 11.9 Å². The van der Waals surface area contributed by atoms with Crippen molar-refractivity contribution in [1.29, 1.82) is 0 Å². The number of carbonyl (C=O) groups excluding carboxylic acids is 1. The summed E-state index contributed by atoms with van der Waals surface area (Å²) >= 11 is 3.51. The van der Waals surface area contributed by atoms with Crippen LogP contribution < -0.4 is 4.90 Å². The SMILES string of the molecule is CC1(C)N(Cc2ccccc2)C(=O)C(c2ccccc2)N1c1ccc(Br)cc1. The number of nitrogens with zero attached hydrogens (tertiary/aromatic N) is 2. The predicted octanol–water partition coefficient (Wildman–Crippen LogP) is 5.78. The summed E-state index contributed by atoms with van der Waals surface area (Å²) in [5.74, 6) is 0.128. The largest absolute Gasteiger partial charge is 0.333 e. The van der Waals surface area contributed by atoms with Crippen molar-refractivity contribution >= 4 is 27.5 Å². The van der Waals surface area contributed by atoms with Crippen LogP contribution in [0.25, 0.3) is 0 Å². The number of anilines is 1. The Labute approximate surface area is 174 Å². The van der Waals surface area contributed by atoms with Gasteiger partial charge in [-0.1, -0.05) is 76.6 Å². The van der Waals surface area contributed by atoms with E-state index in [4.69, 9.17) is 0 Å². The molecule has 142 valence electrons. The summed E-state index contributed by atoms with van der Waals surface area (Å²) in [6, 6.07) is 28.1. The molecule has 0 radical (unpaired) electrons. The zero-order chi connectivity index (χ0) is 19.7. The first kappa shape index (κ1) is 18.8. The van der Waals surface area contributed by atoms with Gasteiger partial charge < -0.3 is 9.80 Å². The monoisotopic (exact) mass is 434 g/mol. The molecule has 3 nitrogen and oxygen atoms in total. The number of carbonyl (C=O) groups is 1. The fourth-order valence-corrected chi connectivity index (χ4v) is 4.27. The van der Waals surface area contributed by atoms with Crippen molar-refractivity contribution in [2.75, 3.05) is 4.90 Å². The van der Waals surface area contributed by atoms with Crippen LogP contribution >= 0.6 is 15.9 Å². The van der Waals surface area contributed by atoms with Crippen molar-refractivity contribution in [3.8, 4) is 0 Å². The Hall–Kier alpha value is -2.59. The molecule has 3 aromatic carbocycles. The number of rotatable bonds is 4. The number of hydrogen-bond acceptors (Lipinski definition) is 2. The van der Waals surface area contributed by atoms with Crippen LogP contribution in [0.2, 0.25) is 0 Å². The molecule has 0 N–H and O–H groups in total. The summed E-state index contributed by atoms with van der Waals surface area (Å²) in [6.07, 6.45) is 0. The van der Waals surface area contributed by atoms with Gasteiger partial charge in [0.2, 0.25) is 0 Å². The van der Waals surface area contributed by atoms with Crippen molar-refractivity contribution in [2.24, 2.45) is 0 Å². The minimum absolute atomic E-state index is 0.128. The number of benzene rings is 3. The van der Waals surface area contributed by atoms with E-state index in [0.717, 1.165) is 21.3 Å². The van der Waals surface area contributed by atoms with E-state index in [0.29, 0.717) is 6.54 Å². The van der Waals surface area contributed by atoms with Crippen LogP contribution in [0.5, 0.6) is 0 Å². The van der Waals surface area contributed by atoms with Gasteiger partial charge in [0.25, 0.3) is 5.91 Å². The maximum absolute atomic E-state index is 13.7. The van der Waals surface area contributed by atoms with Crippen LogP contribution in [-0.4, -0.2) is 16.5 Å². The highest BCUT2D eigenvalue weighted by Crippen LogP contribution is 2.44. The summed E-state index contributed by atoms with van der Waals surface area (Å²) in [7, 11) is 0. The summed E-state index contributed by atoms with van der Waals surface area (Å²) in [4.78, 5) is 17.9. The Morgan fingerprint density at radius 1 is 0.857 bits per heavy atom. The molecule has 1 fully saturated rings. The zero-order valence-corrected chi connectivity index (χ0v) is 17.6. The first-order chi connectivity index (χ1) is 13.5. The number of amides is 1. The topological polar surface area (TPSA) is 23.6 Å². The van der Waals surface area contributed by atoms with E-state index in [1.807, 2.05) is 65.6 Å². The van der Waals surface area contributed by atoms with E-state index in [1.54, 1.807) is 0 Å². The van der Waals surface area contributed by atoms with Crippen LogP contribution in [0.4, 0.5) is 5.69 Å². The Kier molecular flexibility index (Phi) is 4.98. The molecule has 28 heavy (non-hydrogen) atoms. The Balaban J connectivity index is 1.80. The summed E-state index contributed by atoms with van der Waals surface area (Å²) in [6.45, 7) is 4.83. The van der Waals surface area contributed by atoms with Gasteiger partial charge in [0.15, 0.2) is 0 Å². The van der Waals surface area contributed by atoms with Gasteiger partial charge >= 0.3 is 0 Å². The summed E-state index contributed by atoms with van der Waals surface area (Å²) in [5, 5.41) is 0. The van der Waals surface area contributed by atoms with Gasteiger partial charge in [0.1, 0.15) is 11.7 Å². The van der Waals surface area contributed by atoms with Crippen molar-refractivity contribution in [3.05, 3.63) is 101 Å². The molecule has 1 amide bonds. The molecule has 1 atom stereocenters. The van der Waals surface area contributed by atoms with Crippen LogP contribution in [0.1, 0.15) is 31.0 Å². The average molecular weight is 435 g/mol. The van der Waals surface area contributed by atoms with Crippen LogP contribution in [0.15, 0.2) is 89.4 Å². The molecule has 1 saturated heterocycles. The second-order valence-corrected chi connectivity index (χ2v) is 8.48. The van der Waals surface area contributed by atoms with Crippen LogP contribution in [-0.2, 0) is 11.3 Å². The maximum atomic E-state index is 13.7. The lowest BCUT2D eigenvalue weighted by molar-refractivity contribution is -0.132. The highest BCUT2D eigenvalue weighted by Gasteiger charge is 2.51. The molecule has 4 rings (SSSR count). The van der Waals surface area contributed by atoms with E-state index in [9.17, 15) is 4.79 Å².